The molecule has 0 aromatic heterocycles. The van der Waals surface area contributed by atoms with Crippen molar-refractivity contribution in [1.82, 2.24) is 15.4 Å². The lowest BCUT2D eigenvalue weighted by molar-refractivity contribution is 0.588. The molecule has 6 nitrogen and oxygen atoms in total. The summed E-state index contributed by atoms with van der Waals surface area (Å²) in [7, 11) is -2.06. The fourth-order valence-corrected chi connectivity index (χ4v) is 4.22. The van der Waals surface area contributed by atoms with Gasteiger partial charge in [0.1, 0.15) is 0 Å². The molecule has 3 rings (SSSR count). The zero-order chi connectivity index (χ0) is 20.9. The average molecular weight is 563 g/mol. The molecule has 0 heterocycles. The topological polar surface area (TPSA) is 82.6 Å². The van der Waals surface area contributed by atoms with E-state index < -0.39 is 10.0 Å². The van der Waals surface area contributed by atoms with E-state index in [1.165, 1.54) is 12.6 Å². The first-order valence-electron chi connectivity index (χ1n) is 9.69. The van der Waals surface area contributed by atoms with E-state index >= 15 is 0 Å². The minimum Gasteiger partial charge on any atom is -0.357 e. The number of aliphatic imine (C=N–C) groups is 1. The number of guanidine groups is 1. The predicted octanol–water partition coefficient (Wildman–Crippen LogP) is 3.65. The quantitative estimate of drug-likeness (QED) is 0.261. The lowest BCUT2D eigenvalue weighted by Gasteiger charge is -2.19. The second-order valence-electron chi connectivity index (χ2n) is 7.19. The summed E-state index contributed by atoms with van der Waals surface area (Å²) < 4.78 is 26.3. The highest BCUT2D eigenvalue weighted by molar-refractivity contribution is 14.0. The summed E-state index contributed by atoms with van der Waals surface area (Å²) >= 11 is 6.16. The summed E-state index contributed by atoms with van der Waals surface area (Å²) in [6.45, 7) is 3.91. The molecule has 1 fully saturated rings. The van der Waals surface area contributed by atoms with Crippen LogP contribution >= 0.6 is 35.6 Å². The highest BCUT2D eigenvalue weighted by Crippen LogP contribution is 2.48. The normalized spacial score (nSPS) is 15.2. The van der Waals surface area contributed by atoms with Gasteiger partial charge in [-0.2, -0.15) is 0 Å². The first-order chi connectivity index (χ1) is 13.9. The average Bonchev–Trinajstić information content (AvgIpc) is 3.51. The molecule has 1 saturated carbocycles. The Hall–Kier alpha value is -1.36. The Labute approximate surface area is 201 Å². The number of nitrogens with zero attached hydrogens (tertiary/aromatic N) is 1. The van der Waals surface area contributed by atoms with Gasteiger partial charge in [-0.3, -0.25) is 0 Å². The fourth-order valence-electron chi connectivity index (χ4n) is 3.23. The Morgan fingerprint density at radius 2 is 1.87 bits per heavy atom. The van der Waals surface area contributed by atoms with Gasteiger partial charge in [-0.25, -0.2) is 18.1 Å². The zero-order valence-electron chi connectivity index (χ0n) is 17.1. The molecule has 0 radical (unpaired) electrons. The van der Waals surface area contributed by atoms with Crippen LogP contribution in [0.5, 0.6) is 0 Å². The van der Waals surface area contributed by atoms with Crippen molar-refractivity contribution < 1.29 is 8.42 Å². The van der Waals surface area contributed by atoms with Crippen molar-refractivity contribution in [2.45, 2.75) is 36.6 Å². The van der Waals surface area contributed by atoms with Crippen molar-refractivity contribution in [3.63, 3.8) is 0 Å². The van der Waals surface area contributed by atoms with Crippen LogP contribution in [-0.4, -0.2) is 34.5 Å². The van der Waals surface area contributed by atoms with Gasteiger partial charge in [-0.1, -0.05) is 35.9 Å². The molecule has 0 atom stereocenters. The standard InChI is InChI=1S/C21H27ClN4O2S.HI/c1-3-24-20(25-14-16-6-4-9-19(12-16)29(27,28)23-2)26-15-21(10-11-21)17-7-5-8-18(22)13-17;/h4-9,12-13,23H,3,10-11,14-15H2,1-2H3,(H2,24,25,26);1H. The summed E-state index contributed by atoms with van der Waals surface area (Å²) in [5, 5.41) is 7.44. The van der Waals surface area contributed by atoms with E-state index in [4.69, 9.17) is 11.6 Å². The second-order valence-corrected chi connectivity index (χ2v) is 9.52. The van der Waals surface area contributed by atoms with Gasteiger partial charge in [0.05, 0.1) is 11.4 Å². The zero-order valence-corrected chi connectivity index (χ0v) is 21.0. The van der Waals surface area contributed by atoms with Gasteiger partial charge in [0.25, 0.3) is 0 Å². The monoisotopic (exact) mass is 562 g/mol. The van der Waals surface area contributed by atoms with E-state index in [0.717, 1.165) is 36.5 Å². The molecule has 1 aliphatic rings. The molecule has 9 heteroatoms. The van der Waals surface area contributed by atoms with Gasteiger partial charge in [0, 0.05) is 23.5 Å². The maximum atomic E-state index is 12.0. The lowest BCUT2D eigenvalue weighted by Crippen LogP contribution is -2.41. The van der Waals surface area contributed by atoms with E-state index in [1.54, 1.807) is 18.2 Å². The molecule has 0 bridgehead atoms. The molecular weight excluding hydrogens is 535 g/mol. The summed E-state index contributed by atoms with van der Waals surface area (Å²) in [6, 6.07) is 14.9. The minimum atomic E-state index is -3.47. The highest BCUT2D eigenvalue weighted by Gasteiger charge is 2.44. The predicted molar refractivity (Wildman–Crippen MR) is 133 cm³/mol. The van der Waals surface area contributed by atoms with Crippen LogP contribution in [0.3, 0.4) is 0 Å². The van der Waals surface area contributed by atoms with E-state index in [2.05, 4.69) is 26.4 Å². The summed E-state index contributed by atoms with van der Waals surface area (Å²) in [5.74, 6) is 0.711. The Bertz CT molecular complexity index is 994. The first-order valence-corrected chi connectivity index (χ1v) is 11.6. The first kappa shape index (κ1) is 24.9. The number of hydrogen-bond acceptors (Lipinski definition) is 3. The third-order valence-electron chi connectivity index (χ3n) is 5.13. The van der Waals surface area contributed by atoms with Crippen molar-refractivity contribution in [2.24, 2.45) is 4.99 Å². The van der Waals surface area contributed by atoms with Gasteiger partial charge in [-0.05, 0) is 62.2 Å². The number of hydrogen-bond donors (Lipinski definition) is 3. The summed E-state index contributed by atoms with van der Waals surface area (Å²) in [4.78, 5) is 4.87. The van der Waals surface area contributed by atoms with Crippen molar-refractivity contribution in [3.8, 4) is 0 Å². The molecule has 2 aromatic carbocycles. The fraction of sp³-hybridized carbons (Fsp3) is 0.381. The number of halogens is 2. The summed E-state index contributed by atoms with van der Waals surface area (Å²) in [6.07, 6.45) is 2.23. The largest absolute Gasteiger partial charge is 0.357 e. The second kappa shape index (κ2) is 10.8. The van der Waals surface area contributed by atoms with Gasteiger partial charge in [0.2, 0.25) is 10.0 Å². The molecule has 30 heavy (non-hydrogen) atoms. The van der Waals surface area contributed by atoms with Crippen LogP contribution in [0, 0.1) is 0 Å². The molecule has 0 saturated heterocycles. The minimum absolute atomic E-state index is 0. The van der Waals surface area contributed by atoms with Gasteiger partial charge in [-0.15, -0.1) is 24.0 Å². The molecule has 0 unspecified atom stereocenters. The SMILES string of the molecule is CCNC(=NCc1cccc(S(=O)(=O)NC)c1)NCC1(c2cccc(Cl)c2)CC1.I. The molecular formula is C21H28ClIN4O2S. The van der Waals surface area contributed by atoms with Crippen LogP contribution in [0.15, 0.2) is 58.4 Å². The van der Waals surface area contributed by atoms with Crippen LogP contribution in [0.2, 0.25) is 5.02 Å². The van der Waals surface area contributed by atoms with E-state index in [0.29, 0.717) is 12.5 Å². The van der Waals surface area contributed by atoms with Crippen molar-refractivity contribution >= 4 is 51.6 Å². The summed E-state index contributed by atoms with van der Waals surface area (Å²) in [5.41, 5.74) is 2.18. The van der Waals surface area contributed by atoms with E-state index in [-0.39, 0.29) is 34.3 Å². The van der Waals surface area contributed by atoms with Crippen LogP contribution < -0.4 is 15.4 Å². The van der Waals surface area contributed by atoms with Gasteiger partial charge in [0.15, 0.2) is 5.96 Å². The highest BCUT2D eigenvalue weighted by atomic mass is 127. The van der Waals surface area contributed by atoms with Crippen LogP contribution in [0.4, 0.5) is 0 Å². The molecule has 0 amide bonds. The third kappa shape index (κ3) is 6.32. The number of benzene rings is 2. The van der Waals surface area contributed by atoms with Crippen molar-refractivity contribution in [1.29, 1.82) is 0 Å². The maximum Gasteiger partial charge on any atom is 0.240 e. The molecule has 164 valence electrons. The van der Waals surface area contributed by atoms with Gasteiger partial charge >= 0.3 is 0 Å². The molecule has 3 N–H and O–H groups in total. The molecule has 0 spiro atoms. The Kier molecular flexibility index (Phi) is 8.96. The molecule has 0 aliphatic heterocycles. The maximum absolute atomic E-state index is 12.0. The van der Waals surface area contributed by atoms with Gasteiger partial charge < -0.3 is 10.6 Å². The van der Waals surface area contributed by atoms with Crippen molar-refractivity contribution in [2.75, 3.05) is 20.1 Å². The van der Waals surface area contributed by atoms with Crippen LogP contribution in [-0.2, 0) is 22.0 Å². The number of rotatable bonds is 8. The van der Waals surface area contributed by atoms with Crippen LogP contribution in [0.1, 0.15) is 30.9 Å². The lowest BCUT2D eigenvalue weighted by atomic mass is 9.96. The van der Waals surface area contributed by atoms with E-state index in [1.807, 2.05) is 31.2 Å². The molecule has 1 aliphatic carbocycles. The van der Waals surface area contributed by atoms with Crippen LogP contribution in [0.25, 0.3) is 0 Å². The van der Waals surface area contributed by atoms with E-state index in [9.17, 15) is 8.42 Å². The smallest absolute Gasteiger partial charge is 0.240 e. The number of sulfonamides is 1. The van der Waals surface area contributed by atoms with Crippen molar-refractivity contribution in [3.05, 3.63) is 64.7 Å². The third-order valence-corrected chi connectivity index (χ3v) is 6.77. The molecule has 2 aromatic rings. The number of nitrogens with one attached hydrogen (secondary N) is 3. The Balaban J connectivity index is 0.00000320. The Morgan fingerprint density at radius 1 is 1.13 bits per heavy atom. The Morgan fingerprint density at radius 3 is 2.50 bits per heavy atom.